The smallest absolute Gasteiger partial charge is 0.215 e. The molecule has 0 aromatic carbocycles. The quantitative estimate of drug-likeness (QED) is 0.255. The van der Waals surface area contributed by atoms with Crippen LogP contribution >= 0.6 is 0 Å². The molecule has 0 N–H and O–H groups in total. The molecule has 0 rings (SSSR count). The molecule has 1 amide bonds. The Morgan fingerprint density at radius 2 is 1.91 bits per heavy atom. The third-order valence-corrected chi connectivity index (χ3v) is 1.13. The average molecular weight is 157 g/mol. The summed E-state index contributed by atoms with van der Waals surface area (Å²) in [5, 5.41) is 5.56. The Morgan fingerprint density at radius 3 is 2.18 bits per heavy atom. The van der Waals surface area contributed by atoms with Crippen LogP contribution in [0.25, 0.3) is 0 Å². The summed E-state index contributed by atoms with van der Waals surface area (Å²) in [5.41, 5.74) is 0. The fourth-order valence-corrected chi connectivity index (χ4v) is 0.445. The first-order valence-electron chi connectivity index (χ1n) is 3.52. The van der Waals surface area contributed by atoms with Gasteiger partial charge in [0.15, 0.2) is 0 Å². The number of hydrogen-bond donors (Lipinski definition) is 0. The molecule has 0 fully saturated rings. The van der Waals surface area contributed by atoms with Crippen LogP contribution in [0.1, 0.15) is 13.8 Å². The van der Waals surface area contributed by atoms with E-state index in [4.69, 9.17) is 0 Å². The predicted octanol–water partition coefficient (Wildman–Crippen LogP) is 0.358. The molecule has 0 spiro atoms. The molecule has 0 aliphatic heterocycles. The summed E-state index contributed by atoms with van der Waals surface area (Å²) in [6, 6.07) is 0.163. The summed E-state index contributed by atoms with van der Waals surface area (Å²) in [6.07, 6.45) is 2.27. The van der Waals surface area contributed by atoms with E-state index in [1.165, 1.54) is 11.2 Å². The van der Waals surface area contributed by atoms with Gasteiger partial charge < -0.3 is 9.91 Å². The Morgan fingerprint density at radius 1 is 1.36 bits per heavy atom. The fraction of sp³-hybridized carbons (Fsp3) is 0.714. The van der Waals surface area contributed by atoms with Crippen LogP contribution < -0.4 is 0 Å². The lowest BCUT2D eigenvalue weighted by Gasteiger charge is -2.16. The number of nitrogens with zero attached hydrogens (tertiary/aromatic N) is 3. The molecular weight excluding hydrogens is 142 g/mol. The molecule has 0 saturated carbocycles. The Balaban J connectivity index is 3.97. The number of hydrazone groups is 1. The Kier molecular flexibility index (Phi) is 4.26. The first kappa shape index (κ1) is 9.94. The van der Waals surface area contributed by atoms with E-state index in [0.29, 0.717) is 0 Å². The second-order valence-electron chi connectivity index (χ2n) is 2.72. The van der Waals surface area contributed by atoms with E-state index in [1.54, 1.807) is 19.1 Å². The SMILES string of the molecule is CC(C)N(C=O)/C=N\N(C)C. The van der Waals surface area contributed by atoms with E-state index in [2.05, 4.69) is 5.10 Å². The monoisotopic (exact) mass is 157 g/mol. The van der Waals surface area contributed by atoms with Crippen molar-refractivity contribution in [2.75, 3.05) is 14.1 Å². The van der Waals surface area contributed by atoms with Crippen LogP contribution in [0.15, 0.2) is 5.10 Å². The van der Waals surface area contributed by atoms with Crippen LogP contribution in [0, 0.1) is 0 Å². The normalized spacial score (nSPS) is 10.6. The van der Waals surface area contributed by atoms with Crippen LogP contribution in [0.4, 0.5) is 0 Å². The van der Waals surface area contributed by atoms with E-state index in [1.807, 2.05) is 13.8 Å². The second-order valence-corrected chi connectivity index (χ2v) is 2.72. The van der Waals surface area contributed by atoms with Gasteiger partial charge in [0.2, 0.25) is 6.41 Å². The predicted molar refractivity (Wildman–Crippen MR) is 45.2 cm³/mol. The van der Waals surface area contributed by atoms with E-state index in [0.717, 1.165) is 6.41 Å². The minimum atomic E-state index is 0.163. The molecule has 0 heterocycles. The average Bonchev–Trinajstić information content (AvgIpc) is 1.87. The standard InChI is InChI=1S/C7H15N3O/c1-7(2)10(6-11)5-8-9(3)4/h5-7H,1-4H3/b8-5-. The maximum atomic E-state index is 10.4. The van der Waals surface area contributed by atoms with Crippen molar-refractivity contribution in [2.24, 2.45) is 5.10 Å². The van der Waals surface area contributed by atoms with Crippen molar-refractivity contribution in [1.82, 2.24) is 9.91 Å². The molecule has 64 valence electrons. The molecule has 4 nitrogen and oxygen atoms in total. The highest BCUT2D eigenvalue weighted by Crippen LogP contribution is 1.89. The van der Waals surface area contributed by atoms with Gasteiger partial charge in [0.25, 0.3) is 0 Å². The largest absolute Gasteiger partial charge is 0.302 e. The van der Waals surface area contributed by atoms with Crippen molar-refractivity contribution in [3.8, 4) is 0 Å². The number of amides is 1. The summed E-state index contributed by atoms with van der Waals surface area (Å²) >= 11 is 0. The zero-order valence-electron chi connectivity index (χ0n) is 7.48. The highest BCUT2D eigenvalue weighted by molar-refractivity contribution is 5.72. The van der Waals surface area contributed by atoms with Gasteiger partial charge in [0, 0.05) is 20.1 Å². The van der Waals surface area contributed by atoms with Gasteiger partial charge in [-0.15, -0.1) is 0 Å². The van der Waals surface area contributed by atoms with E-state index < -0.39 is 0 Å². The third kappa shape index (κ3) is 4.36. The zero-order chi connectivity index (χ0) is 8.85. The number of rotatable bonds is 4. The maximum absolute atomic E-state index is 10.4. The van der Waals surface area contributed by atoms with E-state index >= 15 is 0 Å². The summed E-state index contributed by atoms with van der Waals surface area (Å²) in [7, 11) is 3.61. The van der Waals surface area contributed by atoms with Crippen LogP contribution in [0.2, 0.25) is 0 Å². The fourth-order valence-electron chi connectivity index (χ4n) is 0.445. The van der Waals surface area contributed by atoms with Crippen molar-refractivity contribution in [1.29, 1.82) is 0 Å². The number of hydrogen-bond acceptors (Lipinski definition) is 3. The van der Waals surface area contributed by atoms with Crippen molar-refractivity contribution in [3.63, 3.8) is 0 Å². The molecule has 11 heavy (non-hydrogen) atoms. The van der Waals surface area contributed by atoms with Crippen LogP contribution in [-0.2, 0) is 4.79 Å². The molecule has 0 aliphatic carbocycles. The lowest BCUT2D eigenvalue weighted by atomic mass is 10.4. The van der Waals surface area contributed by atoms with Crippen molar-refractivity contribution in [2.45, 2.75) is 19.9 Å². The molecular formula is C7H15N3O. The van der Waals surface area contributed by atoms with Gasteiger partial charge in [0.05, 0.1) is 0 Å². The molecule has 0 aromatic rings. The number of carbonyl (C=O) groups is 1. The van der Waals surface area contributed by atoms with Crippen molar-refractivity contribution >= 4 is 12.7 Å². The van der Waals surface area contributed by atoms with Gasteiger partial charge in [-0.05, 0) is 13.8 Å². The van der Waals surface area contributed by atoms with Gasteiger partial charge in [-0.2, -0.15) is 5.10 Å². The maximum Gasteiger partial charge on any atom is 0.215 e. The Labute approximate surface area is 67.5 Å². The number of carbonyl (C=O) groups excluding carboxylic acids is 1. The lowest BCUT2D eigenvalue weighted by molar-refractivity contribution is -0.115. The van der Waals surface area contributed by atoms with Crippen LogP contribution in [0.5, 0.6) is 0 Å². The Hall–Kier alpha value is -1.06. The summed E-state index contributed by atoms with van der Waals surface area (Å²) < 4.78 is 0. The van der Waals surface area contributed by atoms with E-state index in [9.17, 15) is 4.79 Å². The van der Waals surface area contributed by atoms with Gasteiger partial charge in [-0.1, -0.05) is 0 Å². The van der Waals surface area contributed by atoms with Gasteiger partial charge in [-0.25, -0.2) is 0 Å². The third-order valence-electron chi connectivity index (χ3n) is 1.13. The highest BCUT2D eigenvalue weighted by atomic mass is 16.1. The summed E-state index contributed by atoms with van der Waals surface area (Å²) in [5.74, 6) is 0. The molecule has 4 heteroatoms. The van der Waals surface area contributed by atoms with Gasteiger partial charge in [0.1, 0.15) is 6.34 Å². The minimum Gasteiger partial charge on any atom is -0.302 e. The van der Waals surface area contributed by atoms with Crippen LogP contribution in [-0.4, -0.2) is 42.8 Å². The van der Waals surface area contributed by atoms with Gasteiger partial charge in [-0.3, -0.25) is 4.79 Å². The molecule has 0 radical (unpaired) electrons. The zero-order valence-corrected chi connectivity index (χ0v) is 7.48. The van der Waals surface area contributed by atoms with Crippen molar-refractivity contribution < 1.29 is 4.79 Å². The first-order valence-corrected chi connectivity index (χ1v) is 3.52. The molecule has 0 aromatic heterocycles. The second kappa shape index (κ2) is 4.71. The lowest BCUT2D eigenvalue weighted by Crippen LogP contribution is -2.28. The van der Waals surface area contributed by atoms with Gasteiger partial charge >= 0.3 is 0 Å². The molecule has 0 atom stereocenters. The Bertz CT molecular complexity index is 143. The summed E-state index contributed by atoms with van der Waals surface area (Å²) in [6.45, 7) is 3.85. The van der Waals surface area contributed by atoms with Crippen molar-refractivity contribution in [3.05, 3.63) is 0 Å². The molecule has 0 bridgehead atoms. The topological polar surface area (TPSA) is 35.9 Å². The van der Waals surface area contributed by atoms with E-state index in [-0.39, 0.29) is 6.04 Å². The molecule has 0 aliphatic rings. The molecule has 0 saturated heterocycles. The minimum absolute atomic E-state index is 0.163. The highest BCUT2D eigenvalue weighted by Gasteiger charge is 2.01. The van der Waals surface area contributed by atoms with Crippen LogP contribution in [0.3, 0.4) is 0 Å². The first-order chi connectivity index (χ1) is 5.07. The summed E-state index contributed by atoms with van der Waals surface area (Å²) in [4.78, 5) is 11.9. The molecule has 0 unspecified atom stereocenters.